The lowest BCUT2D eigenvalue weighted by Crippen LogP contribution is -2.52. The van der Waals surface area contributed by atoms with Crippen LogP contribution in [-0.4, -0.2) is 74.1 Å². The van der Waals surface area contributed by atoms with Crippen LogP contribution in [0.15, 0.2) is 47.6 Å². The molecule has 1 N–H and O–H groups in total. The van der Waals surface area contributed by atoms with E-state index < -0.39 is 11.6 Å². The molecule has 0 fully saturated rings. The summed E-state index contributed by atoms with van der Waals surface area (Å²) in [5, 5.41) is 8.93. The summed E-state index contributed by atoms with van der Waals surface area (Å²) >= 11 is 0. The number of urea groups is 1. The van der Waals surface area contributed by atoms with Gasteiger partial charge in [-0.1, -0.05) is 12.1 Å². The molecule has 0 spiro atoms. The first kappa shape index (κ1) is 27.9. The van der Waals surface area contributed by atoms with Gasteiger partial charge >= 0.3 is 6.03 Å². The summed E-state index contributed by atoms with van der Waals surface area (Å²) in [4.78, 5) is 27.9. The summed E-state index contributed by atoms with van der Waals surface area (Å²) in [5.74, 6) is 0.427. The average Bonchev–Trinajstić information content (AvgIpc) is 3.30. The zero-order chi connectivity index (χ0) is 27.2. The van der Waals surface area contributed by atoms with Gasteiger partial charge in [-0.05, 0) is 50.6 Å². The van der Waals surface area contributed by atoms with Crippen LogP contribution in [0.2, 0.25) is 0 Å². The van der Waals surface area contributed by atoms with E-state index in [2.05, 4.69) is 10.4 Å². The quantitative estimate of drug-likeness (QED) is 0.547. The van der Waals surface area contributed by atoms with Crippen molar-refractivity contribution < 1.29 is 28.2 Å². The summed E-state index contributed by atoms with van der Waals surface area (Å²) in [6.07, 6.45) is 0.381. The topological polar surface area (TPSA) is 92.7 Å². The fourth-order valence-corrected chi connectivity index (χ4v) is 3.97. The average molecular weight is 515 g/mol. The van der Waals surface area contributed by atoms with Crippen LogP contribution in [0.4, 0.5) is 9.18 Å². The Bertz CT molecular complexity index is 1130. The summed E-state index contributed by atoms with van der Waals surface area (Å²) in [7, 11) is 4.65. The normalized spacial score (nSPS) is 15.3. The Labute approximate surface area is 217 Å². The zero-order valence-electron chi connectivity index (χ0n) is 22.2. The number of methoxy groups -OCH3 is 3. The molecule has 1 aliphatic rings. The number of carbonyl (C=O) groups excluding carboxylic acids is 2. The van der Waals surface area contributed by atoms with Gasteiger partial charge in [0.15, 0.2) is 0 Å². The van der Waals surface area contributed by atoms with Gasteiger partial charge in [-0.25, -0.2) is 14.2 Å². The van der Waals surface area contributed by atoms with Gasteiger partial charge in [-0.2, -0.15) is 5.10 Å². The summed E-state index contributed by atoms with van der Waals surface area (Å²) in [6, 6.07) is 10.5. The van der Waals surface area contributed by atoms with Gasteiger partial charge in [-0.15, -0.1) is 0 Å². The molecule has 0 radical (unpaired) electrons. The minimum absolute atomic E-state index is 0.209. The van der Waals surface area contributed by atoms with Crippen molar-refractivity contribution in [3.05, 3.63) is 59.4 Å². The lowest BCUT2D eigenvalue weighted by molar-refractivity contribution is -0.133. The highest BCUT2D eigenvalue weighted by Crippen LogP contribution is 2.36. The van der Waals surface area contributed by atoms with Crippen molar-refractivity contribution in [2.75, 3.05) is 41.0 Å². The molecule has 0 saturated heterocycles. The Morgan fingerprint density at radius 2 is 1.81 bits per heavy atom. The smallest absolute Gasteiger partial charge is 0.318 e. The third-order valence-corrected chi connectivity index (χ3v) is 5.80. The third kappa shape index (κ3) is 7.19. The van der Waals surface area contributed by atoms with Gasteiger partial charge in [0.05, 0.1) is 32.6 Å². The van der Waals surface area contributed by atoms with E-state index in [1.807, 2.05) is 26.8 Å². The van der Waals surface area contributed by atoms with E-state index in [0.29, 0.717) is 29.2 Å². The van der Waals surface area contributed by atoms with Crippen LogP contribution in [0.3, 0.4) is 0 Å². The Morgan fingerprint density at radius 1 is 1.11 bits per heavy atom. The van der Waals surface area contributed by atoms with Crippen LogP contribution < -0.4 is 14.8 Å². The first-order valence-electron chi connectivity index (χ1n) is 12.0. The zero-order valence-corrected chi connectivity index (χ0v) is 22.2. The monoisotopic (exact) mass is 514 g/mol. The molecule has 9 nitrogen and oxygen atoms in total. The highest BCUT2D eigenvalue weighted by molar-refractivity contribution is 6.05. The third-order valence-electron chi connectivity index (χ3n) is 5.80. The number of ether oxygens (including phenoxy) is 3. The van der Waals surface area contributed by atoms with E-state index in [1.165, 1.54) is 29.2 Å². The highest BCUT2D eigenvalue weighted by Gasteiger charge is 2.35. The fourth-order valence-electron chi connectivity index (χ4n) is 3.97. The van der Waals surface area contributed by atoms with E-state index in [0.717, 1.165) is 5.56 Å². The Balaban J connectivity index is 1.95. The lowest BCUT2D eigenvalue weighted by Gasteiger charge is -2.30. The van der Waals surface area contributed by atoms with Crippen LogP contribution in [0, 0.1) is 5.82 Å². The number of carbonyl (C=O) groups is 2. The second-order valence-corrected chi connectivity index (χ2v) is 9.72. The number of hydrazone groups is 1. The molecule has 2 aromatic rings. The molecule has 1 atom stereocenters. The molecule has 0 saturated carbocycles. The molecular weight excluding hydrogens is 479 g/mol. The van der Waals surface area contributed by atoms with Crippen LogP contribution in [-0.2, 0) is 9.53 Å². The Morgan fingerprint density at radius 3 is 2.41 bits per heavy atom. The van der Waals surface area contributed by atoms with E-state index in [4.69, 9.17) is 14.2 Å². The minimum Gasteiger partial charge on any atom is -0.497 e. The first-order chi connectivity index (χ1) is 17.6. The van der Waals surface area contributed by atoms with Crippen molar-refractivity contribution in [2.45, 2.75) is 38.8 Å². The molecular formula is C27H35FN4O5. The number of benzene rings is 2. The molecule has 3 rings (SSSR count). The lowest BCUT2D eigenvalue weighted by atomic mass is 9.97. The minimum atomic E-state index is -0.482. The van der Waals surface area contributed by atoms with E-state index >= 15 is 0 Å². The number of halogens is 1. The molecule has 0 bridgehead atoms. The molecule has 0 aromatic heterocycles. The van der Waals surface area contributed by atoms with Gasteiger partial charge < -0.3 is 24.4 Å². The van der Waals surface area contributed by atoms with Crippen molar-refractivity contribution in [3.8, 4) is 11.5 Å². The van der Waals surface area contributed by atoms with Gasteiger partial charge in [-0.3, -0.25) is 4.79 Å². The predicted octanol–water partition coefficient (Wildman–Crippen LogP) is 3.98. The number of hydrogen-bond donors (Lipinski definition) is 1. The van der Waals surface area contributed by atoms with Gasteiger partial charge in [0.25, 0.3) is 5.91 Å². The Kier molecular flexibility index (Phi) is 9.09. The van der Waals surface area contributed by atoms with Gasteiger partial charge in [0, 0.05) is 37.2 Å². The largest absolute Gasteiger partial charge is 0.497 e. The predicted molar refractivity (Wildman–Crippen MR) is 138 cm³/mol. The van der Waals surface area contributed by atoms with E-state index in [1.54, 1.807) is 38.5 Å². The summed E-state index contributed by atoms with van der Waals surface area (Å²) in [5.41, 5.74) is 1.59. The molecule has 1 aliphatic heterocycles. The van der Waals surface area contributed by atoms with Crippen LogP contribution in [0.1, 0.15) is 44.4 Å². The molecule has 37 heavy (non-hydrogen) atoms. The molecule has 2 aromatic carbocycles. The number of nitrogens with one attached hydrogen (secondary N) is 1. The molecule has 0 unspecified atom stereocenters. The maximum absolute atomic E-state index is 13.7. The van der Waals surface area contributed by atoms with Gasteiger partial charge in [0.2, 0.25) is 0 Å². The first-order valence-corrected chi connectivity index (χ1v) is 12.0. The van der Waals surface area contributed by atoms with Crippen molar-refractivity contribution >= 4 is 17.6 Å². The fraction of sp³-hybridized carbons (Fsp3) is 0.444. The molecule has 200 valence electrons. The molecule has 3 amide bonds. The molecule has 0 aliphatic carbocycles. The second kappa shape index (κ2) is 12.1. The number of rotatable bonds is 9. The number of amides is 3. The summed E-state index contributed by atoms with van der Waals surface area (Å²) in [6.45, 7) is 5.88. The van der Waals surface area contributed by atoms with Crippen LogP contribution in [0.25, 0.3) is 0 Å². The SMILES string of the molecule is COCCN(CC(=O)N1N=C(c2ccc(OC)cc2OC)C[C@H]1c1ccc(F)cc1)C(=O)NC(C)(C)C. The number of nitrogens with zero attached hydrogens (tertiary/aromatic N) is 3. The maximum Gasteiger partial charge on any atom is 0.318 e. The van der Waals surface area contributed by atoms with E-state index in [-0.39, 0.29) is 37.5 Å². The highest BCUT2D eigenvalue weighted by atomic mass is 19.1. The molecule has 1 heterocycles. The van der Waals surface area contributed by atoms with E-state index in [9.17, 15) is 14.0 Å². The number of hydrogen-bond acceptors (Lipinski definition) is 6. The van der Waals surface area contributed by atoms with Gasteiger partial charge in [0.1, 0.15) is 23.9 Å². The molecule has 10 heteroatoms. The summed E-state index contributed by atoms with van der Waals surface area (Å²) < 4.78 is 29.6. The maximum atomic E-state index is 13.7. The van der Waals surface area contributed by atoms with Crippen molar-refractivity contribution in [2.24, 2.45) is 5.10 Å². The van der Waals surface area contributed by atoms with Crippen molar-refractivity contribution in [1.29, 1.82) is 0 Å². The Hall–Kier alpha value is -3.66. The standard InChI is InChI=1S/C27H35FN4O5/c1-27(2,3)29-26(34)31(13-14-35-4)17-25(33)32-23(18-7-9-19(28)10-8-18)16-22(30-32)21-12-11-20(36-5)15-24(21)37-6/h7-12,15,23H,13-14,16-17H2,1-6H3,(H,29,34)/t23-/m0/s1. The van der Waals surface area contributed by atoms with Crippen molar-refractivity contribution in [1.82, 2.24) is 15.2 Å². The van der Waals surface area contributed by atoms with Crippen molar-refractivity contribution in [3.63, 3.8) is 0 Å². The van der Waals surface area contributed by atoms with Crippen LogP contribution >= 0.6 is 0 Å². The van der Waals surface area contributed by atoms with Crippen LogP contribution in [0.5, 0.6) is 11.5 Å². The second-order valence-electron chi connectivity index (χ2n) is 9.72.